The highest BCUT2D eigenvalue weighted by Gasteiger charge is 2.16. The molecule has 1 heterocycles. The summed E-state index contributed by atoms with van der Waals surface area (Å²) in [6, 6.07) is 10.3. The lowest BCUT2D eigenvalue weighted by atomic mass is 10.1. The van der Waals surface area contributed by atoms with E-state index in [-0.39, 0.29) is 30.7 Å². The maximum Gasteiger partial charge on any atom is 0.236 e. The van der Waals surface area contributed by atoms with Gasteiger partial charge in [0.05, 0.1) is 6.54 Å². The van der Waals surface area contributed by atoms with Gasteiger partial charge in [0.25, 0.3) is 0 Å². The van der Waals surface area contributed by atoms with Crippen LogP contribution in [0.4, 0.5) is 0 Å². The highest BCUT2D eigenvalue weighted by molar-refractivity contribution is 5.85. The molecule has 0 atom stereocenters. The monoisotopic (exact) mass is 276 g/mol. The van der Waals surface area contributed by atoms with E-state index in [0.717, 1.165) is 26.1 Å². The number of halogens is 2. The second-order valence-corrected chi connectivity index (χ2v) is 3.79. The van der Waals surface area contributed by atoms with Crippen molar-refractivity contribution in [3.05, 3.63) is 35.9 Å². The molecular formula is C12H18Cl2N2O. The van der Waals surface area contributed by atoms with E-state index in [4.69, 9.17) is 0 Å². The van der Waals surface area contributed by atoms with E-state index in [1.54, 1.807) is 0 Å². The summed E-state index contributed by atoms with van der Waals surface area (Å²) in [6.45, 7) is 3.09. The van der Waals surface area contributed by atoms with Crippen molar-refractivity contribution in [2.45, 2.75) is 6.42 Å². The molecule has 17 heavy (non-hydrogen) atoms. The Morgan fingerprint density at radius 2 is 1.88 bits per heavy atom. The van der Waals surface area contributed by atoms with Crippen molar-refractivity contribution < 1.29 is 4.79 Å². The lowest BCUT2D eigenvalue weighted by Gasteiger charge is -2.27. The van der Waals surface area contributed by atoms with Gasteiger partial charge in [-0.25, -0.2) is 0 Å². The zero-order valence-electron chi connectivity index (χ0n) is 9.59. The molecule has 2 rings (SSSR count). The SMILES string of the molecule is Cl.Cl.O=C1CNCCN1CCc1ccccc1. The normalized spacial score (nSPS) is 14.8. The number of carbonyl (C=O) groups excluding carboxylic acids is 1. The Morgan fingerprint density at radius 1 is 1.18 bits per heavy atom. The van der Waals surface area contributed by atoms with Crippen LogP contribution >= 0.6 is 24.8 Å². The van der Waals surface area contributed by atoms with Gasteiger partial charge in [0.15, 0.2) is 0 Å². The minimum absolute atomic E-state index is 0. The summed E-state index contributed by atoms with van der Waals surface area (Å²) in [5.74, 6) is 0.220. The Morgan fingerprint density at radius 3 is 2.53 bits per heavy atom. The number of nitrogens with one attached hydrogen (secondary N) is 1. The maximum atomic E-state index is 11.5. The van der Waals surface area contributed by atoms with Crippen molar-refractivity contribution in [2.24, 2.45) is 0 Å². The molecule has 1 amide bonds. The molecule has 0 spiro atoms. The van der Waals surface area contributed by atoms with Crippen molar-refractivity contribution >= 4 is 30.7 Å². The zero-order valence-corrected chi connectivity index (χ0v) is 11.2. The van der Waals surface area contributed by atoms with E-state index in [1.807, 2.05) is 23.1 Å². The number of amides is 1. The number of carbonyl (C=O) groups is 1. The van der Waals surface area contributed by atoms with Crippen molar-refractivity contribution in [3.8, 4) is 0 Å². The molecule has 1 aromatic carbocycles. The molecule has 0 aliphatic carbocycles. The fraction of sp³-hybridized carbons (Fsp3) is 0.417. The zero-order chi connectivity index (χ0) is 10.5. The molecule has 5 heteroatoms. The van der Waals surface area contributed by atoms with Crippen molar-refractivity contribution in [2.75, 3.05) is 26.2 Å². The molecule has 0 aromatic heterocycles. The molecule has 1 N–H and O–H groups in total. The summed E-state index contributed by atoms with van der Waals surface area (Å²) in [6.07, 6.45) is 0.951. The van der Waals surface area contributed by atoms with Gasteiger partial charge < -0.3 is 10.2 Å². The van der Waals surface area contributed by atoms with Crippen molar-refractivity contribution in [3.63, 3.8) is 0 Å². The minimum atomic E-state index is 0. The Bertz CT molecular complexity index is 333. The van der Waals surface area contributed by atoms with Gasteiger partial charge in [0, 0.05) is 19.6 Å². The lowest BCUT2D eigenvalue weighted by Crippen LogP contribution is -2.48. The van der Waals surface area contributed by atoms with E-state index >= 15 is 0 Å². The first-order chi connectivity index (χ1) is 7.36. The average molecular weight is 277 g/mol. The van der Waals surface area contributed by atoms with Crippen LogP contribution in [0.3, 0.4) is 0 Å². The van der Waals surface area contributed by atoms with Crippen molar-refractivity contribution in [1.82, 2.24) is 10.2 Å². The van der Waals surface area contributed by atoms with Crippen LogP contribution in [-0.4, -0.2) is 37.0 Å². The fourth-order valence-electron chi connectivity index (χ4n) is 1.79. The molecule has 0 radical (unpaired) electrons. The summed E-state index contributed by atoms with van der Waals surface area (Å²) >= 11 is 0. The standard InChI is InChI=1S/C12H16N2O.2ClH/c15-12-10-13-7-9-14(12)8-6-11-4-2-1-3-5-11;;/h1-5,13H,6-10H2;2*1H. The molecule has 0 saturated carbocycles. The molecule has 1 aliphatic heterocycles. The van der Waals surface area contributed by atoms with Crippen LogP contribution in [0.5, 0.6) is 0 Å². The summed E-state index contributed by atoms with van der Waals surface area (Å²) < 4.78 is 0. The van der Waals surface area contributed by atoms with Gasteiger partial charge in [0.1, 0.15) is 0 Å². The van der Waals surface area contributed by atoms with Gasteiger partial charge in [-0.2, -0.15) is 0 Å². The summed E-state index contributed by atoms with van der Waals surface area (Å²) in [7, 11) is 0. The smallest absolute Gasteiger partial charge is 0.236 e. The number of nitrogens with zero attached hydrogens (tertiary/aromatic N) is 1. The minimum Gasteiger partial charge on any atom is -0.340 e. The largest absolute Gasteiger partial charge is 0.340 e. The molecule has 1 saturated heterocycles. The summed E-state index contributed by atoms with van der Waals surface area (Å²) in [5.41, 5.74) is 1.30. The van der Waals surface area contributed by atoms with Crippen LogP contribution in [0.25, 0.3) is 0 Å². The van der Waals surface area contributed by atoms with E-state index in [0.29, 0.717) is 6.54 Å². The first kappa shape index (κ1) is 16.2. The Balaban J connectivity index is 0.00000128. The molecular weight excluding hydrogens is 259 g/mol. The van der Waals surface area contributed by atoms with Gasteiger partial charge in [-0.05, 0) is 12.0 Å². The molecule has 3 nitrogen and oxygen atoms in total. The topological polar surface area (TPSA) is 32.3 Å². The molecule has 0 bridgehead atoms. The van der Waals surface area contributed by atoms with Crippen LogP contribution < -0.4 is 5.32 Å². The van der Waals surface area contributed by atoms with E-state index < -0.39 is 0 Å². The molecule has 0 unspecified atom stereocenters. The number of piperazine rings is 1. The van der Waals surface area contributed by atoms with Crippen LogP contribution in [-0.2, 0) is 11.2 Å². The number of rotatable bonds is 3. The van der Waals surface area contributed by atoms with Crippen LogP contribution in [0.2, 0.25) is 0 Å². The predicted molar refractivity (Wildman–Crippen MR) is 74.1 cm³/mol. The maximum absolute atomic E-state index is 11.5. The predicted octanol–water partition coefficient (Wildman–Crippen LogP) is 1.50. The molecule has 96 valence electrons. The average Bonchev–Trinajstić information content (AvgIpc) is 2.29. The summed E-state index contributed by atoms with van der Waals surface area (Å²) in [5, 5.41) is 3.07. The van der Waals surface area contributed by atoms with Gasteiger partial charge in [0.2, 0.25) is 5.91 Å². The third-order valence-corrected chi connectivity index (χ3v) is 2.70. The van der Waals surface area contributed by atoms with Crippen molar-refractivity contribution in [1.29, 1.82) is 0 Å². The van der Waals surface area contributed by atoms with Crippen LogP contribution in [0, 0.1) is 0 Å². The van der Waals surface area contributed by atoms with Gasteiger partial charge in [-0.1, -0.05) is 30.3 Å². The van der Waals surface area contributed by atoms with E-state index in [2.05, 4.69) is 17.4 Å². The molecule has 1 fully saturated rings. The second-order valence-electron chi connectivity index (χ2n) is 3.79. The highest BCUT2D eigenvalue weighted by Crippen LogP contribution is 2.02. The number of hydrogen-bond acceptors (Lipinski definition) is 2. The van der Waals surface area contributed by atoms with Gasteiger partial charge >= 0.3 is 0 Å². The Kier molecular flexibility index (Phi) is 7.96. The van der Waals surface area contributed by atoms with Gasteiger partial charge in [-0.3, -0.25) is 4.79 Å². The third-order valence-electron chi connectivity index (χ3n) is 2.70. The third kappa shape index (κ3) is 4.94. The van der Waals surface area contributed by atoms with E-state index in [9.17, 15) is 4.79 Å². The quantitative estimate of drug-likeness (QED) is 0.908. The van der Waals surface area contributed by atoms with Crippen LogP contribution in [0.15, 0.2) is 30.3 Å². The lowest BCUT2D eigenvalue weighted by molar-refractivity contribution is -0.131. The highest BCUT2D eigenvalue weighted by atomic mass is 35.5. The van der Waals surface area contributed by atoms with Crippen LogP contribution in [0.1, 0.15) is 5.56 Å². The Hall–Kier alpha value is -0.770. The number of hydrogen-bond donors (Lipinski definition) is 1. The number of benzene rings is 1. The first-order valence-corrected chi connectivity index (χ1v) is 5.39. The summed E-state index contributed by atoms with van der Waals surface area (Å²) in [4.78, 5) is 13.4. The second kappa shape index (κ2) is 8.34. The van der Waals surface area contributed by atoms with Gasteiger partial charge in [-0.15, -0.1) is 24.8 Å². The van der Waals surface area contributed by atoms with E-state index in [1.165, 1.54) is 5.56 Å². The fourth-order valence-corrected chi connectivity index (χ4v) is 1.79. The Labute approximate surface area is 114 Å². The molecule has 1 aromatic rings. The first-order valence-electron chi connectivity index (χ1n) is 5.39. The molecule has 1 aliphatic rings.